The van der Waals surface area contributed by atoms with Gasteiger partial charge in [0.15, 0.2) is 0 Å². The Bertz CT molecular complexity index is 588. The molecule has 6 nitrogen and oxygen atoms in total. The maximum absolute atomic E-state index is 12.0. The Hall–Kier alpha value is -1.25. The molecule has 0 aliphatic carbocycles. The number of nitrogens with one attached hydrogen (secondary N) is 2. The van der Waals surface area contributed by atoms with E-state index in [1.807, 2.05) is 5.38 Å². The minimum absolute atomic E-state index is 0.168. The van der Waals surface area contributed by atoms with E-state index < -0.39 is 10.0 Å². The predicted octanol–water partition coefficient (Wildman–Crippen LogP) is 1.21. The molecule has 0 aromatic carbocycles. The summed E-state index contributed by atoms with van der Waals surface area (Å²) in [4.78, 5) is 4.24. The van der Waals surface area contributed by atoms with E-state index in [-0.39, 0.29) is 10.9 Å². The van der Waals surface area contributed by atoms with E-state index in [9.17, 15) is 8.42 Å². The van der Waals surface area contributed by atoms with Crippen LogP contribution in [0.5, 0.6) is 0 Å². The lowest BCUT2D eigenvalue weighted by atomic mass is 10.4. The number of sulfonamides is 1. The second-order valence-electron chi connectivity index (χ2n) is 3.57. The molecule has 0 bridgehead atoms. The highest BCUT2D eigenvalue weighted by atomic mass is 32.2. The molecule has 2 aromatic heterocycles. The maximum atomic E-state index is 12.0. The molecule has 1 atom stereocenters. The summed E-state index contributed by atoms with van der Waals surface area (Å²) < 4.78 is 26.6. The number of aromatic amines is 1. The summed E-state index contributed by atoms with van der Waals surface area (Å²) in [6.45, 7) is 3.42. The minimum Gasteiger partial charge on any atom is -0.281 e. The summed E-state index contributed by atoms with van der Waals surface area (Å²) in [5.41, 5.74) is 0.517. The number of H-pyrrole nitrogens is 1. The van der Waals surface area contributed by atoms with Crippen LogP contribution in [0.2, 0.25) is 0 Å². The van der Waals surface area contributed by atoms with Crippen molar-refractivity contribution in [3.8, 4) is 0 Å². The van der Waals surface area contributed by atoms with Crippen LogP contribution in [0, 0.1) is 6.92 Å². The Labute approximate surface area is 103 Å². The molecule has 0 aliphatic rings. The summed E-state index contributed by atoms with van der Waals surface area (Å²) >= 11 is 1.41. The van der Waals surface area contributed by atoms with Crippen molar-refractivity contribution in [3.63, 3.8) is 0 Å². The highest BCUT2D eigenvalue weighted by molar-refractivity contribution is 7.89. The maximum Gasteiger partial charge on any atom is 0.244 e. The lowest BCUT2D eigenvalue weighted by molar-refractivity contribution is 0.566. The van der Waals surface area contributed by atoms with Gasteiger partial charge in [0.1, 0.15) is 9.90 Å². The molecule has 0 radical (unpaired) electrons. The molecular weight excluding hydrogens is 260 g/mol. The molecule has 2 heterocycles. The fourth-order valence-corrected chi connectivity index (χ4v) is 3.47. The second-order valence-corrected chi connectivity index (χ2v) is 6.18. The Morgan fingerprint density at radius 2 is 2.29 bits per heavy atom. The average Bonchev–Trinajstić information content (AvgIpc) is 2.85. The Morgan fingerprint density at radius 1 is 1.53 bits per heavy atom. The lowest BCUT2D eigenvalue weighted by Crippen LogP contribution is -2.27. The zero-order chi connectivity index (χ0) is 12.5. The van der Waals surface area contributed by atoms with Gasteiger partial charge in [-0.3, -0.25) is 5.10 Å². The standard InChI is InChI=1S/C9H12N4O2S2/c1-6-8(5-11-12-6)17(14,15)13-7(2)9-10-3-4-16-9/h3-5,7,13H,1-2H3,(H,11,12). The smallest absolute Gasteiger partial charge is 0.244 e. The van der Waals surface area contributed by atoms with Crippen LogP contribution in [-0.2, 0) is 10.0 Å². The molecule has 92 valence electrons. The van der Waals surface area contributed by atoms with Crippen molar-refractivity contribution in [2.45, 2.75) is 24.8 Å². The highest BCUT2D eigenvalue weighted by Gasteiger charge is 2.22. The lowest BCUT2D eigenvalue weighted by Gasteiger charge is -2.10. The molecule has 0 saturated carbocycles. The van der Waals surface area contributed by atoms with E-state index in [0.717, 1.165) is 5.01 Å². The fraction of sp³-hybridized carbons (Fsp3) is 0.333. The van der Waals surface area contributed by atoms with Crippen molar-refractivity contribution in [3.05, 3.63) is 28.5 Å². The van der Waals surface area contributed by atoms with Gasteiger partial charge in [-0.05, 0) is 13.8 Å². The Kier molecular flexibility index (Phi) is 3.27. The zero-order valence-electron chi connectivity index (χ0n) is 9.34. The predicted molar refractivity (Wildman–Crippen MR) is 64.2 cm³/mol. The van der Waals surface area contributed by atoms with Crippen molar-refractivity contribution in [1.29, 1.82) is 0 Å². The minimum atomic E-state index is -3.55. The normalized spacial score (nSPS) is 13.8. The number of aryl methyl sites for hydroxylation is 1. The molecule has 0 fully saturated rings. The first-order valence-corrected chi connectivity index (χ1v) is 7.28. The fourth-order valence-electron chi connectivity index (χ4n) is 1.41. The topological polar surface area (TPSA) is 87.7 Å². The first-order valence-electron chi connectivity index (χ1n) is 4.92. The third-order valence-corrected chi connectivity index (χ3v) is 4.84. The summed E-state index contributed by atoms with van der Waals surface area (Å²) in [5, 5.41) is 8.84. The Morgan fingerprint density at radius 3 is 2.82 bits per heavy atom. The van der Waals surface area contributed by atoms with Crippen LogP contribution in [0.25, 0.3) is 0 Å². The van der Waals surface area contributed by atoms with Crippen molar-refractivity contribution in [2.24, 2.45) is 0 Å². The van der Waals surface area contributed by atoms with Gasteiger partial charge in [0.05, 0.1) is 17.9 Å². The molecule has 17 heavy (non-hydrogen) atoms. The third kappa shape index (κ3) is 2.54. The van der Waals surface area contributed by atoms with Gasteiger partial charge in [0, 0.05) is 11.6 Å². The molecule has 0 saturated heterocycles. The monoisotopic (exact) mass is 272 g/mol. The molecule has 0 spiro atoms. The molecule has 8 heteroatoms. The number of thiazole rings is 1. The summed E-state index contributed by atoms with van der Waals surface area (Å²) in [7, 11) is -3.55. The number of hydrogen-bond donors (Lipinski definition) is 2. The Balaban J connectivity index is 2.22. The number of rotatable bonds is 4. The SMILES string of the molecule is Cc1[nH]ncc1S(=O)(=O)NC(C)c1nccs1. The number of aromatic nitrogens is 3. The van der Waals surface area contributed by atoms with Gasteiger partial charge >= 0.3 is 0 Å². The summed E-state index contributed by atoms with van der Waals surface area (Å²) in [5.74, 6) is 0. The van der Waals surface area contributed by atoms with Crippen LogP contribution in [0.4, 0.5) is 0 Å². The quantitative estimate of drug-likeness (QED) is 0.875. The van der Waals surface area contributed by atoms with Gasteiger partial charge in [-0.25, -0.2) is 18.1 Å². The van der Waals surface area contributed by atoms with Crippen LogP contribution < -0.4 is 4.72 Å². The van der Waals surface area contributed by atoms with Crippen LogP contribution in [-0.4, -0.2) is 23.6 Å². The first-order chi connectivity index (χ1) is 8.00. The summed E-state index contributed by atoms with van der Waals surface area (Å²) in [6.07, 6.45) is 2.94. The van der Waals surface area contributed by atoms with Crippen molar-refractivity contribution >= 4 is 21.4 Å². The van der Waals surface area contributed by atoms with E-state index in [4.69, 9.17) is 0 Å². The van der Waals surface area contributed by atoms with E-state index in [2.05, 4.69) is 19.9 Å². The molecule has 2 N–H and O–H groups in total. The molecule has 0 amide bonds. The molecule has 1 unspecified atom stereocenters. The first kappa shape index (κ1) is 12.2. The van der Waals surface area contributed by atoms with Gasteiger partial charge < -0.3 is 0 Å². The third-order valence-electron chi connectivity index (χ3n) is 2.23. The van der Waals surface area contributed by atoms with Gasteiger partial charge in [-0.1, -0.05) is 0 Å². The van der Waals surface area contributed by atoms with Crippen LogP contribution in [0.3, 0.4) is 0 Å². The second kappa shape index (κ2) is 4.55. The number of nitrogens with zero attached hydrogens (tertiary/aromatic N) is 2. The largest absolute Gasteiger partial charge is 0.281 e. The van der Waals surface area contributed by atoms with Crippen molar-refractivity contribution in [2.75, 3.05) is 0 Å². The molecular formula is C9H12N4O2S2. The van der Waals surface area contributed by atoms with Gasteiger partial charge in [-0.15, -0.1) is 11.3 Å². The van der Waals surface area contributed by atoms with Gasteiger partial charge in [-0.2, -0.15) is 5.10 Å². The molecule has 2 aromatic rings. The van der Waals surface area contributed by atoms with E-state index in [1.54, 1.807) is 20.0 Å². The zero-order valence-corrected chi connectivity index (χ0v) is 11.0. The van der Waals surface area contributed by atoms with Crippen molar-refractivity contribution < 1.29 is 8.42 Å². The van der Waals surface area contributed by atoms with E-state index in [0.29, 0.717) is 5.69 Å². The van der Waals surface area contributed by atoms with Crippen LogP contribution in [0.1, 0.15) is 23.7 Å². The average molecular weight is 272 g/mol. The van der Waals surface area contributed by atoms with Crippen molar-refractivity contribution in [1.82, 2.24) is 19.9 Å². The highest BCUT2D eigenvalue weighted by Crippen LogP contribution is 2.19. The molecule has 2 rings (SSSR count). The van der Waals surface area contributed by atoms with Crippen LogP contribution >= 0.6 is 11.3 Å². The van der Waals surface area contributed by atoms with Crippen LogP contribution in [0.15, 0.2) is 22.7 Å². The van der Waals surface area contributed by atoms with Gasteiger partial charge in [0.25, 0.3) is 0 Å². The van der Waals surface area contributed by atoms with Gasteiger partial charge in [0.2, 0.25) is 10.0 Å². The molecule has 0 aliphatic heterocycles. The van der Waals surface area contributed by atoms with E-state index in [1.165, 1.54) is 17.5 Å². The number of hydrogen-bond acceptors (Lipinski definition) is 5. The van der Waals surface area contributed by atoms with E-state index >= 15 is 0 Å². The summed E-state index contributed by atoms with van der Waals surface area (Å²) in [6, 6.07) is -0.353.